The van der Waals surface area contributed by atoms with E-state index in [0.717, 1.165) is 5.92 Å². The molecule has 2 aliphatic carbocycles. The molecule has 0 aliphatic heterocycles. The van der Waals surface area contributed by atoms with Gasteiger partial charge in [0.25, 0.3) is 0 Å². The van der Waals surface area contributed by atoms with Crippen LogP contribution in [0.15, 0.2) is 11.1 Å². The fourth-order valence-electron chi connectivity index (χ4n) is 1.43. The molecule has 1 unspecified atom stereocenters. The molecule has 0 aromatic heterocycles. The summed E-state index contributed by atoms with van der Waals surface area (Å²) in [4.78, 5) is 0. The lowest BCUT2D eigenvalue weighted by Gasteiger charge is -1.83. The zero-order valence-corrected chi connectivity index (χ0v) is 7.08. The Labute approximate surface area is 64.5 Å². The first-order valence-corrected chi connectivity index (χ1v) is 4.80. The van der Waals surface area contributed by atoms with Crippen molar-refractivity contribution >= 4 is 15.9 Å². The van der Waals surface area contributed by atoms with E-state index in [4.69, 9.17) is 0 Å². The van der Waals surface area contributed by atoms with Gasteiger partial charge in [-0.1, -0.05) is 27.1 Å². The van der Waals surface area contributed by atoms with E-state index in [2.05, 4.69) is 15.9 Å². The van der Waals surface area contributed by atoms with E-state index >= 15 is 0 Å². The van der Waals surface area contributed by atoms with Crippen LogP contribution in [0.4, 0.5) is 0 Å². The standard InChI is InChI=1S/C8H11Br/c9-4-3-7-5-8(7)6-1-2-6/h7H,1-5H2. The molecule has 0 nitrogen and oxygen atoms in total. The van der Waals surface area contributed by atoms with Crippen LogP contribution < -0.4 is 0 Å². The zero-order chi connectivity index (χ0) is 6.27. The maximum absolute atomic E-state index is 3.46. The van der Waals surface area contributed by atoms with Crippen LogP contribution in [0.2, 0.25) is 0 Å². The number of allylic oxidation sites excluding steroid dienone is 2. The molecule has 0 N–H and O–H groups in total. The van der Waals surface area contributed by atoms with Gasteiger partial charge in [0, 0.05) is 5.33 Å². The molecule has 0 aromatic rings. The molecule has 1 heteroatoms. The number of alkyl halides is 1. The number of rotatable bonds is 2. The molecule has 0 saturated heterocycles. The van der Waals surface area contributed by atoms with Crippen molar-refractivity contribution in [3.63, 3.8) is 0 Å². The first-order valence-electron chi connectivity index (χ1n) is 3.68. The Balaban J connectivity index is 1.88. The fraction of sp³-hybridized carbons (Fsp3) is 0.750. The predicted molar refractivity (Wildman–Crippen MR) is 42.8 cm³/mol. The Morgan fingerprint density at radius 2 is 2.22 bits per heavy atom. The third kappa shape index (κ3) is 1.21. The van der Waals surface area contributed by atoms with Gasteiger partial charge in [0.1, 0.15) is 0 Å². The molecule has 0 aromatic carbocycles. The fourth-order valence-corrected chi connectivity index (χ4v) is 1.98. The average molecular weight is 187 g/mol. The summed E-state index contributed by atoms with van der Waals surface area (Å²) >= 11 is 3.46. The third-order valence-electron chi connectivity index (χ3n) is 2.21. The van der Waals surface area contributed by atoms with Gasteiger partial charge in [-0.3, -0.25) is 0 Å². The van der Waals surface area contributed by atoms with E-state index < -0.39 is 0 Å². The van der Waals surface area contributed by atoms with Gasteiger partial charge in [-0.25, -0.2) is 0 Å². The minimum atomic E-state index is 1.00. The quantitative estimate of drug-likeness (QED) is 0.460. The van der Waals surface area contributed by atoms with E-state index in [1.54, 1.807) is 5.57 Å². The first-order chi connectivity index (χ1) is 4.42. The average Bonchev–Trinajstić information content (AvgIpc) is 2.58. The molecular formula is C8H11Br. The normalized spacial score (nSPS) is 31.0. The molecule has 0 amide bonds. The van der Waals surface area contributed by atoms with E-state index in [1.165, 1.54) is 31.0 Å². The molecular weight excluding hydrogens is 176 g/mol. The highest BCUT2D eigenvalue weighted by atomic mass is 79.9. The zero-order valence-electron chi connectivity index (χ0n) is 5.49. The lowest BCUT2D eigenvalue weighted by Crippen LogP contribution is -1.74. The van der Waals surface area contributed by atoms with Crippen molar-refractivity contribution in [1.29, 1.82) is 0 Å². The molecule has 2 aliphatic rings. The van der Waals surface area contributed by atoms with Crippen molar-refractivity contribution in [3.8, 4) is 0 Å². The summed E-state index contributed by atoms with van der Waals surface area (Å²) in [6, 6.07) is 0. The lowest BCUT2D eigenvalue weighted by molar-refractivity contribution is 0.840. The minimum Gasteiger partial charge on any atom is -0.0928 e. The molecule has 9 heavy (non-hydrogen) atoms. The highest BCUT2D eigenvalue weighted by Crippen LogP contribution is 2.50. The Kier molecular flexibility index (Phi) is 1.40. The molecule has 0 bridgehead atoms. The summed E-state index contributed by atoms with van der Waals surface area (Å²) in [7, 11) is 0. The summed E-state index contributed by atoms with van der Waals surface area (Å²) in [6.45, 7) is 0. The van der Waals surface area contributed by atoms with Crippen LogP contribution in [-0.2, 0) is 0 Å². The molecule has 0 spiro atoms. The molecule has 2 saturated carbocycles. The van der Waals surface area contributed by atoms with Gasteiger partial charge < -0.3 is 0 Å². The van der Waals surface area contributed by atoms with E-state index in [1.807, 2.05) is 5.57 Å². The predicted octanol–water partition coefficient (Wildman–Crippen LogP) is 2.88. The molecule has 2 fully saturated rings. The molecule has 1 atom stereocenters. The second kappa shape index (κ2) is 2.12. The Hall–Kier alpha value is 0.220. The third-order valence-corrected chi connectivity index (χ3v) is 2.67. The maximum Gasteiger partial charge on any atom is 0.00371 e. The van der Waals surface area contributed by atoms with Gasteiger partial charge in [-0.05, 0) is 31.6 Å². The van der Waals surface area contributed by atoms with E-state index in [9.17, 15) is 0 Å². The van der Waals surface area contributed by atoms with Gasteiger partial charge in [0.15, 0.2) is 0 Å². The Morgan fingerprint density at radius 1 is 1.44 bits per heavy atom. The van der Waals surface area contributed by atoms with Crippen molar-refractivity contribution in [3.05, 3.63) is 11.1 Å². The number of hydrogen-bond acceptors (Lipinski definition) is 0. The second-order valence-electron chi connectivity index (χ2n) is 3.01. The number of hydrogen-bond donors (Lipinski definition) is 0. The minimum absolute atomic E-state index is 1.00. The summed E-state index contributed by atoms with van der Waals surface area (Å²) in [5.74, 6) is 1.00. The highest BCUT2D eigenvalue weighted by Gasteiger charge is 2.34. The summed E-state index contributed by atoms with van der Waals surface area (Å²) in [5, 5.41) is 1.19. The van der Waals surface area contributed by atoms with E-state index in [-0.39, 0.29) is 0 Å². The van der Waals surface area contributed by atoms with Crippen LogP contribution in [-0.4, -0.2) is 5.33 Å². The molecule has 2 rings (SSSR count). The van der Waals surface area contributed by atoms with Crippen LogP contribution in [0.3, 0.4) is 0 Å². The topological polar surface area (TPSA) is 0 Å². The lowest BCUT2D eigenvalue weighted by atomic mass is 10.3. The van der Waals surface area contributed by atoms with Crippen LogP contribution in [0.25, 0.3) is 0 Å². The van der Waals surface area contributed by atoms with Crippen molar-refractivity contribution < 1.29 is 0 Å². The molecule has 0 radical (unpaired) electrons. The first kappa shape index (κ1) is 5.96. The van der Waals surface area contributed by atoms with Crippen molar-refractivity contribution in [2.75, 3.05) is 5.33 Å². The van der Waals surface area contributed by atoms with Crippen LogP contribution in [0.5, 0.6) is 0 Å². The summed E-state index contributed by atoms with van der Waals surface area (Å²) < 4.78 is 0. The molecule has 0 heterocycles. The highest BCUT2D eigenvalue weighted by molar-refractivity contribution is 9.09. The van der Waals surface area contributed by atoms with Gasteiger partial charge in [-0.2, -0.15) is 0 Å². The monoisotopic (exact) mass is 186 g/mol. The van der Waals surface area contributed by atoms with Gasteiger partial charge in [0.05, 0.1) is 0 Å². The van der Waals surface area contributed by atoms with Crippen molar-refractivity contribution in [2.24, 2.45) is 5.92 Å². The van der Waals surface area contributed by atoms with Crippen LogP contribution >= 0.6 is 15.9 Å². The van der Waals surface area contributed by atoms with Crippen LogP contribution in [0, 0.1) is 5.92 Å². The van der Waals surface area contributed by atoms with E-state index in [0.29, 0.717) is 0 Å². The van der Waals surface area contributed by atoms with Crippen molar-refractivity contribution in [1.82, 2.24) is 0 Å². The van der Waals surface area contributed by atoms with Gasteiger partial charge in [-0.15, -0.1) is 0 Å². The summed E-state index contributed by atoms with van der Waals surface area (Å²) in [5.41, 5.74) is 3.61. The second-order valence-corrected chi connectivity index (χ2v) is 3.80. The largest absolute Gasteiger partial charge is 0.0928 e. The Morgan fingerprint density at radius 3 is 2.78 bits per heavy atom. The smallest absolute Gasteiger partial charge is 0.00371 e. The Bertz CT molecular complexity index is 152. The number of halogens is 1. The van der Waals surface area contributed by atoms with Gasteiger partial charge in [0.2, 0.25) is 0 Å². The van der Waals surface area contributed by atoms with Crippen molar-refractivity contribution in [2.45, 2.75) is 25.7 Å². The van der Waals surface area contributed by atoms with Crippen LogP contribution in [0.1, 0.15) is 25.7 Å². The van der Waals surface area contributed by atoms with Gasteiger partial charge >= 0.3 is 0 Å². The molecule has 50 valence electrons. The SMILES string of the molecule is BrCCC1CC1=C1CC1. The maximum atomic E-state index is 3.46. The summed E-state index contributed by atoms with van der Waals surface area (Å²) in [6.07, 6.45) is 5.65.